The van der Waals surface area contributed by atoms with Crippen LogP contribution in [0.2, 0.25) is 0 Å². The van der Waals surface area contributed by atoms with Crippen molar-refractivity contribution in [3.8, 4) is 0 Å². The molecule has 0 spiro atoms. The molecule has 21 heavy (non-hydrogen) atoms. The lowest BCUT2D eigenvalue weighted by molar-refractivity contribution is 0.0739. The molecule has 0 aliphatic carbocycles. The van der Waals surface area contributed by atoms with Crippen molar-refractivity contribution in [2.45, 2.75) is 32.1 Å². The second-order valence-electron chi connectivity index (χ2n) is 5.23. The Morgan fingerprint density at radius 3 is 2.76 bits per heavy atom. The molecule has 1 amide bonds. The Kier molecular flexibility index (Phi) is 5.12. The molecule has 114 valence electrons. The highest BCUT2D eigenvalue weighted by Gasteiger charge is 2.18. The topological polar surface area (TPSA) is 59.5 Å². The lowest BCUT2D eigenvalue weighted by Crippen LogP contribution is -2.25. The molecule has 0 atom stereocenters. The third-order valence-corrected chi connectivity index (χ3v) is 3.64. The van der Waals surface area contributed by atoms with Crippen LogP contribution in [0.1, 0.15) is 47.5 Å². The summed E-state index contributed by atoms with van der Waals surface area (Å²) in [7, 11) is 1.72. The standard InChI is InChI=1S/C15H20N2O3S/c1-10(2)13-7-12(20-16-13)8-17(3)15(18)14-6-5-11(19-14)9-21-4/h5-7,10H,8-9H2,1-4H3. The molecule has 2 rings (SSSR count). The number of rotatable bonds is 6. The van der Waals surface area contributed by atoms with Gasteiger partial charge in [-0.3, -0.25) is 4.79 Å². The summed E-state index contributed by atoms with van der Waals surface area (Å²) in [5.41, 5.74) is 0.895. The van der Waals surface area contributed by atoms with E-state index in [1.807, 2.05) is 32.2 Å². The highest BCUT2D eigenvalue weighted by atomic mass is 32.2. The predicted octanol–water partition coefficient (Wildman–Crippen LogP) is 3.53. The number of aromatic nitrogens is 1. The van der Waals surface area contributed by atoms with Crippen LogP contribution in [0.5, 0.6) is 0 Å². The molecular formula is C15H20N2O3S. The van der Waals surface area contributed by atoms with Crippen molar-refractivity contribution in [3.05, 3.63) is 41.2 Å². The molecule has 0 N–H and O–H groups in total. The predicted molar refractivity (Wildman–Crippen MR) is 82.3 cm³/mol. The van der Waals surface area contributed by atoms with Crippen LogP contribution in [0.25, 0.3) is 0 Å². The number of carbonyl (C=O) groups is 1. The Labute approximate surface area is 128 Å². The van der Waals surface area contributed by atoms with Crippen LogP contribution in [0.3, 0.4) is 0 Å². The molecular weight excluding hydrogens is 288 g/mol. The Morgan fingerprint density at radius 2 is 2.14 bits per heavy atom. The van der Waals surface area contributed by atoms with Crippen LogP contribution < -0.4 is 0 Å². The van der Waals surface area contributed by atoms with Gasteiger partial charge in [0, 0.05) is 13.1 Å². The summed E-state index contributed by atoms with van der Waals surface area (Å²) in [4.78, 5) is 13.8. The number of hydrogen-bond acceptors (Lipinski definition) is 5. The molecule has 2 aromatic rings. The fraction of sp³-hybridized carbons (Fsp3) is 0.467. The maximum absolute atomic E-state index is 12.3. The smallest absolute Gasteiger partial charge is 0.289 e. The zero-order valence-corrected chi connectivity index (χ0v) is 13.6. The van der Waals surface area contributed by atoms with E-state index >= 15 is 0 Å². The van der Waals surface area contributed by atoms with E-state index in [1.165, 1.54) is 0 Å². The largest absolute Gasteiger partial charge is 0.455 e. The maximum atomic E-state index is 12.3. The van der Waals surface area contributed by atoms with E-state index in [-0.39, 0.29) is 5.91 Å². The van der Waals surface area contributed by atoms with Gasteiger partial charge >= 0.3 is 0 Å². The number of hydrogen-bond donors (Lipinski definition) is 0. The Hall–Kier alpha value is -1.69. The van der Waals surface area contributed by atoms with Gasteiger partial charge in [0.1, 0.15) is 5.76 Å². The highest BCUT2D eigenvalue weighted by Crippen LogP contribution is 2.18. The first-order valence-electron chi connectivity index (χ1n) is 6.80. The SMILES string of the molecule is CSCc1ccc(C(=O)N(C)Cc2cc(C(C)C)no2)o1. The fourth-order valence-corrected chi connectivity index (χ4v) is 2.32. The molecule has 2 heterocycles. The van der Waals surface area contributed by atoms with Gasteiger partial charge in [-0.15, -0.1) is 0 Å². The van der Waals surface area contributed by atoms with Gasteiger partial charge in [0.2, 0.25) is 0 Å². The van der Waals surface area contributed by atoms with Gasteiger partial charge < -0.3 is 13.8 Å². The van der Waals surface area contributed by atoms with Crippen LogP contribution in [0, 0.1) is 0 Å². The number of carbonyl (C=O) groups excluding carboxylic acids is 1. The normalized spacial score (nSPS) is 11.1. The lowest BCUT2D eigenvalue weighted by atomic mass is 10.1. The summed E-state index contributed by atoms with van der Waals surface area (Å²) in [5, 5.41) is 3.99. The molecule has 0 aliphatic rings. The Morgan fingerprint density at radius 1 is 1.38 bits per heavy atom. The van der Waals surface area contributed by atoms with Gasteiger partial charge in [-0.1, -0.05) is 19.0 Å². The van der Waals surface area contributed by atoms with Crippen molar-refractivity contribution in [2.24, 2.45) is 0 Å². The minimum atomic E-state index is -0.162. The second kappa shape index (κ2) is 6.85. The summed E-state index contributed by atoms with van der Waals surface area (Å²) >= 11 is 1.65. The quantitative estimate of drug-likeness (QED) is 0.817. The van der Waals surface area contributed by atoms with E-state index in [0.717, 1.165) is 17.2 Å². The van der Waals surface area contributed by atoms with Crippen molar-refractivity contribution in [1.82, 2.24) is 10.1 Å². The molecule has 6 heteroatoms. The first kappa shape index (κ1) is 15.7. The fourth-order valence-electron chi connectivity index (χ4n) is 1.88. The Balaban J connectivity index is 2.00. The van der Waals surface area contributed by atoms with E-state index < -0.39 is 0 Å². The van der Waals surface area contributed by atoms with E-state index in [1.54, 1.807) is 29.8 Å². The molecule has 0 aliphatic heterocycles. The average molecular weight is 308 g/mol. The molecule has 0 aromatic carbocycles. The number of thioether (sulfide) groups is 1. The van der Waals surface area contributed by atoms with Crippen molar-refractivity contribution in [2.75, 3.05) is 13.3 Å². The molecule has 2 aromatic heterocycles. The summed E-state index contributed by atoms with van der Waals surface area (Å²) in [6.07, 6.45) is 1.99. The summed E-state index contributed by atoms with van der Waals surface area (Å²) in [5.74, 6) is 2.74. The summed E-state index contributed by atoms with van der Waals surface area (Å²) < 4.78 is 10.8. The van der Waals surface area contributed by atoms with Crippen LogP contribution in [-0.2, 0) is 12.3 Å². The molecule has 0 bridgehead atoms. The van der Waals surface area contributed by atoms with Gasteiger partial charge in [0.25, 0.3) is 5.91 Å². The van der Waals surface area contributed by atoms with Crippen LogP contribution >= 0.6 is 11.8 Å². The third-order valence-electron chi connectivity index (χ3n) is 3.07. The second-order valence-corrected chi connectivity index (χ2v) is 6.10. The van der Waals surface area contributed by atoms with Gasteiger partial charge in [-0.25, -0.2) is 0 Å². The van der Waals surface area contributed by atoms with Gasteiger partial charge in [0.15, 0.2) is 11.5 Å². The van der Waals surface area contributed by atoms with E-state index in [4.69, 9.17) is 8.94 Å². The third kappa shape index (κ3) is 3.91. The molecule has 0 fully saturated rings. The van der Waals surface area contributed by atoms with Gasteiger partial charge in [-0.05, 0) is 24.3 Å². The minimum absolute atomic E-state index is 0.162. The highest BCUT2D eigenvalue weighted by molar-refractivity contribution is 7.97. The average Bonchev–Trinajstić information content (AvgIpc) is 3.07. The monoisotopic (exact) mass is 308 g/mol. The molecule has 0 unspecified atom stereocenters. The Bertz CT molecular complexity index is 604. The van der Waals surface area contributed by atoms with Crippen molar-refractivity contribution in [3.63, 3.8) is 0 Å². The molecule has 5 nitrogen and oxygen atoms in total. The first-order chi connectivity index (χ1) is 10.0. The maximum Gasteiger partial charge on any atom is 0.289 e. The first-order valence-corrected chi connectivity index (χ1v) is 8.19. The number of nitrogens with zero attached hydrogens (tertiary/aromatic N) is 2. The van der Waals surface area contributed by atoms with Crippen LogP contribution in [0.4, 0.5) is 0 Å². The van der Waals surface area contributed by atoms with Gasteiger partial charge in [0.05, 0.1) is 18.0 Å². The van der Waals surface area contributed by atoms with Crippen LogP contribution in [-0.4, -0.2) is 29.3 Å². The number of furan rings is 1. The summed E-state index contributed by atoms with van der Waals surface area (Å²) in [6, 6.07) is 5.43. The number of amides is 1. The van der Waals surface area contributed by atoms with Crippen molar-refractivity contribution < 1.29 is 13.7 Å². The molecule has 0 saturated heterocycles. The van der Waals surface area contributed by atoms with Gasteiger partial charge in [-0.2, -0.15) is 11.8 Å². The van der Waals surface area contributed by atoms with Crippen LogP contribution in [0.15, 0.2) is 27.1 Å². The van der Waals surface area contributed by atoms with E-state index in [0.29, 0.717) is 24.0 Å². The molecule has 0 saturated carbocycles. The van der Waals surface area contributed by atoms with Crippen molar-refractivity contribution in [1.29, 1.82) is 0 Å². The minimum Gasteiger partial charge on any atom is -0.455 e. The zero-order valence-electron chi connectivity index (χ0n) is 12.8. The van der Waals surface area contributed by atoms with E-state index in [2.05, 4.69) is 5.16 Å². The summed E-state index contributed by atoms with van der Waals surface area (Å²) in [6.45, 7) is 4.47. The van der Waals surface area contributed by atoms with Crippen molar-refractivity contribution >= 4 is 17.7 Å². The molecule has 0 radical (unpaired) electrons. The zero-order chi connectivity index (χ0) is 15.4. The van der Waals surface area contributed by atoms with E-state index in [9.17, 15) is 4.79 Å². The lowest BCUT2D eigenvalue weighted by Gasteiger charge is -2.13.